The summed E-state index contributed by atoms with van der Waals surface area (Å²) in [5, 5.41) is 8.94. The molecule has 1 fully saturated rings. The predicted octanol–water partition coefficient (Wildman–Crippen LogP) is -0.337. The highest BCUT2D eigenvalue weighted by Crippen LogP contribution is 2.23. The molecule has 1 saturated heterocycles. The maximum absolute atomic E-state index is 12.6. The van der Waals surface area contributed by atoms with Gasteiger partial charge in [-0.15, -0.1) is 0 Å². The number of benzene rings is 1. The van der Waals surface area contributed by atoms with E-state index in [4.69, 9.17) is 5.11 Å². The molecule has 0 aliphatic carbocycles. The standard InChI is InChI=1S/C16H19N3O4/c1-17-15(22)12-3-2-11(10-13(12)16(17)23)14(21)19-6-4-18(5-7-19)8-9-20/h2-3,10,20H,4-9H2,1H3. The molecule has 0 unspecified atom stereocenters. The minimum Gasteiger partial charge on any atom is -0.395 e. The summed E-state index contributed by atoms with van der Waals surface area (Å²) in [6.45, 7) is 3.34. The number of rotatable bonds is 3. The molecule has 1 N–H and O–H groups in total. The summed E-state index contributed by atoms with van der Waals surface area (Å²) in [6, 6.07) is 4.67. The molecule has 3 rings (SSSR count). The van der Waals surface area contributed by atoms with Crippen LogP contribution in [0.3, 0.4) is 0 Å². The number of nitrogens with zero attached hydrogens (tertiary/aromatic N) is 3. The second-order valence-corrected chi connectivity index (χ2v) is 5.79. The Balaban J connectivity index is 1.75. The van der Waals surface area contributed by atoms with Crippen LogP contribution in [-0.4, -0.2) is 83.9 Å². The molecule has 0 bridgehead atoms. The molecule has 7 nitrogen and oxygen atoms in total. The Morgan fingerprint density at radius 1 is 1.09 bits per heavy atom. The number of fused-ring (bicyclic) bond motifs is 1. The molecule has 0 aromatic heterocycles. The van der Waals surface area contributed by atoms with E-state index in [0.29, 0.717) is 36.3 Å². The van der Waals surface area contributed by atoms with Crippen LogP contribution in [0.15, 0.2) is 18.2 Å². The van der Waals surface area contributed by atoms with Crippen LogP contribution in [0.5, 0.6) is 0 Å². The quantitative estimate of drug-likeness (QED) is 0.772. The first-order valence-corrected chi connectivity index (χ1v) is 7.62. The maximum Gasteiger partial charge on any atom is 0.261 e. The number of carbonyl (C=O) groups excluding carboxylic acids is 3. The van der Waals surface area contributed by atoms with E-state index in [2.05, 4.69) is 4.90 Å². The van der Waals surface area contributed by atoms with Crippen LogP contribution in [0.25, 0.3) is 0 Å². The van der Waals surface area contributed by atoms with E-state index in [-0.39, 0.29) is 24.3 Å². The van der Waals surface area contributed by atoms with Crippen molar-refractivity contribution in [1.29, 1.82) is 0 Å². The fraction of sp³-hybridized carbons (Fsp3) is 0.438. The first kappa shape index (κ1) is 15.6. The molecule has 1 aromatic rings. The van der Waals surface area contributed by atoms with E-state index in [0.717, 1.165) is 18.0 Å². The average molecular weight is 317 g/mol. The Morgan fingerprint density at radius 2 is 1.74 bits per heavy atom. The summed E-state index contributed by atoms with van der Waals surface area (Å²) in [5.74, 6) is -0.833. The minimum atomic E-state index is -0.368. The normalized spacial score (nSPS) is 18.5. The molecular weight excluding hydrogens is 298 g/mol. The Morgan fingerprint density at radius 3 is 2.39 bits per heavy atom. The molecule has 23 heavy (non-hydrogen) atoms. The molecule has 7 heteroatoms. The van der Waals surface area contributed by atoms with Crippen LogP contribution < -0.4 is 0 Å². The number of piperazine rings is 1. The molecule has 1 aromatic carbocycles. The number of imide groups is 1. The second-order valence-electron chi connectivity index (χ2n) is 5.79. The Labute approximate surface area is 134 Å². The van der Waals surface area contributed by atoms with Gasteiger partial charge in [-0.05, 0) is 18.2 Å². The van der Waals surface area contributed by atoms with Crippen molar-refractivity contribution < 1.29 is 19.5 Å². The fourth-order valence-corrected chi connectivity index (χ4v) is 2.99. The molecule has 2 aliphatic rings. The van der Waals surface area contributed by atoms with E-state index < -0.39 is 0 Å². The summed E-state index contributed by atoms with van der Waals surface area (Å²) >= 11 is 0. The number of aliphatic hydroxyl groups is 1. The highest BCUT2D eigenvalue weighted by atomic mass is 16.3. The van der Waals surface area contributed by atoms with Crippen LogP contribution in [-0.2, 0) is 0 Å². The van der Waals surface area contributed by atoms with Gasteiger partial charge in [0.25, 0.3) is 17.7 Å². The van der Waals surface area contributed by atoms with Crippen molar-refractivity contribution in [2.45, 2.75) is 0 Å². The zero-order chi connectivity index (χ0) is 16.6. The van der Waals surface area contributed by atoms with E-state index >= 15 is 0 Å². The third-order valence-corrected chi connectivity index (χ3v) is 4.41. The summed E-state index contributed by atoms with van der Waals surface area (Å²) in [7, 11) is 1.44. The predicted molar refractivity (Wildman–Crippen MR) is 82.3 cm³/mol. The van der Waals surface area contributed by atoms with Crippen molar-refractivity contribution >= 4 is 17.7 Å². The molecule has 2 heterocycles. The molecule has 0 spiro atoms. The monoisotopic (exact) mass is 317 g/mol. The Hall–Kier alpha value is -2.25. The molecular formula is C16H19N3O4. The fourth-order valence-electron chi connectivity index (χ4n) is 2.99. The van der Waals surface area contributed by atoms with Crippen molar-refractivity contribution in [3.05, 3.63) is 34.9 Å². The minimum absolute atomic E-state index is 0.114. The SMILES string of the molecule is CN1C(=O)c2ccc(C(=O)N3CCN(CCO)CC3)cc2C1=O. The van der Waals surface area contributed by atoms with E-state index in [1.165, 1.54) is 13.1 Å². The summed E-state index contributed by atoms with van der Waals surface area (Å²) in [6.07, 6.45) is 0. The van der Waals surface area contributed by atoms with Gasteiger partial charge in [0.2, 0.25) is 0 Å². The van der Waals surface area contributed by atoms with Gasteiger partial charge in [0, 0.05) is 45.3 Å². The van der Waals surface area contributed by atoms with E-state index in [1.807, 2.05) is 0 Å². The highest BCUT2D eigenvalue weighted by Gasteiger charge is 2.33. The summed E-state index contributed by atoms with van der Waals surface area (Å²) in [4.78, 5) is 41.4. The van der Waals surface area contributed by atoms with Crippen molar-refractivity contribution in [3.63, 3.8) is 0 Å². The van der Waals surface area contributed by atoms with Gasteiger partial charge in [0.05, 0.1) is 17.7 Å². The van der Waals surface area contributed by atoms with Crippen molar-refractivity contribution in [2.24, 2.45) is 0 Å². The van der Waals surface area contributed by atoms with Gasteiger partial charge in [0.15, 0.2) is 0 Å². The van der Waals surface area contributed by atoms with Gasteiger partial charge < -0.3 is 10.0 Å². The van der Waals surface area contributed by atoms with Gasteiger partial charge in [-0.1, -0.05) is 0 Å². The van der Waals surface area contributed by atoms with Gasteiger partial charge in [0.1, 0.15) is 0 Å². The van der Waals surface area contributed by atoms with Crippen LogP contribution in [0.4, 0.5) is 0 Å². The lowest BCUT2D eigenvalue weighted by Gasteiger charge is -2.34. The molecule has 3 amide bonds. The summed E-state index contributed by atoms with van der Waals surface area (Å²) in [5.41, 5.74) is 1.07. The molecule has 2 aliphatic heterocycles. The van der Waals surface area contributed by atoms with Gasteiger partial charge >= 0.3 is 0 Å². The van der Waals surface area contributed by atoms with Crippen molar-refractivity contribution in [3.8, 4) is 0 Å². The second kappa shape index (κ2) is 6.10. The van der Waals surface area contributed by atoms with Crippen molar-refractivity contribution in [1.82, 2.24) is 14.7 Å². The lowest BCUT2D eigenvalue weighted by Crippen LogP contribution is -2.49. The number of amides is 3. The lowest BCUT2D eigenvalue weighted by atomic mass is 10.0. The van der Waals surface area contributed by atoms with Crippen LogP contribution in [0.2, 0.25) is 0 Å². The first-order chi connectivity index (χ1) is 11.0. The third-order valence-electron chi connectivity index (χ3n) is 4.41. The van der Waals surface area contributed by atoms with Crippen LogP contribution >= 0.6 is 0 Å². The lowest BCUT2D eigenvalue weighted by molar-refractivity contribution is 0.0614. The number of aliphatic hydroxyl groups excluding tert-OH is 1. The Kier molecular flexibility index (Phi) is 4.14. The largest absolute Gasteiger partial charge is 0.395 e. The topological polar surface area (TPSA) is 81.2 Å². The van der Waals surface area contributed by atoms with Crippen molar-refractivity contribution in [2.75, 3.05) is 46.4 Å². The van der Waals surface area contributed by atoms with Crippen LogP contribution in [0, 0.1) is 0 Å². The highest BCUT2D eigenvalue weighted by molar-refractivity contribution is 6.21. The van der Waals surface area contributed by atoms with Crippen LogP contribution in [0.1, 0.15) is 31.1 Å². The van der Waals surface area contributed by atoms with E-state index in [9.17, 15) is 14.4 Å². The molecule has 122 valence electrons. The number of hydrogen-bond donors (Lipinski definition) is 1. The van der Waals surface area contributed by atoms with E-state index in [1.54, 1.807) is 17.0 Å². The zero-order valence-corrected chi connectivity index (χ0v) is 13.0. The van der Waals surface area contributed by atoms with Gasteiger partial charge in [-0.2, -0.15) is 0 Å². The maximum atomic E-state index is 12.6. The van der Waals surface area contributed by atoms with Gasteiger partial charge in [-0.25, -0.2) is 0 Å². The third kappa shape index (κ3) is 2.73. The average Bonchev–Trinajstić information content (AvgIpc) is 2.79. The molecule has 0 saturated carbocycles. The smallest absolute Gasteiger partial charge is 0.261 e. The molecule has 0 radical (unpaired) electrons. The van der Waals surface area contributed by atoms with Gasteiger partial charge in [-0.3, -0.25) is 24.2 Å². The first-order valence-electron chi connectivity index (χ1n) is 7.62. The number of carbonyl (C=O) groups is 3. The number of β-amino-alcohol motifs (C(OH)–C–C–N with tert-alkyl or cyclic N) is 1. The number of hydrogen-bond acceptors (Lipinski definition) is 5. The Bertz CT molecular complexity index is 665. The zero-order valence-electron chi connectivity index (χ0n) is 13.0. The summed E-state index contributed by atoms with van der Waals surface area (Å²) < 4.78 is 0. The molecule has 0 atom stereocenters.